The van der Waals surface area contributed by atoms with Crippen molar-refractivity contribution in [1.82, 2.24) is 0 Å². The molecule has 0 rings (SSSR count). The molecule has 0 bridgehead atoms. The molecule has 4 heteroatoms. The van der Waals surface area contributed by atoms with Gasteiger partial charge in [0.1, 0.15) is 0 Å². The molecule has 1 N–H and O–H groups in total. The van der Waals surface area contributed by atoms with Gasteiger partial charge in [0, 0.05) is 55.8 Å². The van der Waals surface area contributed by atoms with Crippen molar-refractivity contribution in [2.75, 3.05) is 0 Å². The van der Waals surface area contributed by atoms with E-state index in [0.29, 0.717) is 0 Å². The number of halogens is 1. The fraction of sp³-hybridized carbons (Fsp3) is 0.800. The second-order valence-corrected chi connectivity index (χ2v) is 1.99. The summed E-state index contributed by atoms with van der Waals surface area (Å²) in [6.07, 6.45) is 0.278. The first-order valence-electron chi connectivity index (χ1n) is 2.34. The molecule has 0 aliphatic rings. The van der Waals surface area contributed by atoms with E-state index in [1.165, 1.54) is 0 Å². The Morgan fingerprint density at radius 2 is 1.89 bits per heavy atom. The van der Waals surface area contributed by atoms with Gasteiger partial charge in [-0.2, -0.15) is 0 Å². The van der Waals surface area contributed by atoms with E-state index in [-0.39, 0.29) is 66.4 Å². The third-order valence-electron chi connectivity index (χ3n) is 0.583. The van der Waals surface area contributed by atoms with Gasteiger partial charge in [-0.25, -0.2) is 0 Å². The van der Waals surface area contributed by atoms with Gasteiger partial charge >= 0.3 is 5.97 Å². The summed E-state index contributed by atoms with van der Waals surface area (Å²) < 4.78 is 0. The molecule has 0 aliphatic heterocycles. The van der Waals surface area contributed by atoms with Crippen molar-refractivity contribution in [3.8, 4) is 0 Å². The quantitative estimate of drug-likeness (QED) is 0.823. The Bertz CT molecular complexity index is 75.4. The zero-order valence-corrected chi connectivity index (χ0v) is 7.85. The maximum atomic E-state index is 9.81. The molecule has 0 aliphatic carbocycles. The van der Waals surface area contributed by atoms with Crippen LogP contribution in [0.2, 0.25) is 0 Å². The van der Waals surface area contributed by atoms with Gasteiger partial charge in [-0.05, 0) is 5.92 Å². The van der Waals surface area contributed by atoms with E-state index in [4.69, 9.17) is 5.11 Å². The van der Waals surface area contributed by atoms with E-state index in [1.807, 2.05) is 13.8 Å². The smallest absolute Gasteiger partial charge is 0.303 e. The Balaban J connectivity index is -0.000000180. The summed E-state index contributed by atoms with van der Waals surface area (Å²) in [6.45, 7) is 3.77. The Morgan fingerprint density at radius 3 is 1.89 bits per heavy atom. The van der Waals surface area contributed by atoms with Crippen molar-refractivity contribution in [1.29, 1.82) is 0 Å². The molecule has 0 saturated carbocycles. The Morgan fingerprint density at radius 1 is 1.56 bits per heavy atom. The molecule has 0 atom stereocenters. The van der Waals surface area contributed by atoms with Gasteiger partial charge in [0.2, 0.25) is 0 Å². The number of carboxylic acid groups (broad SMARTS) is 1. The fourth-order valence-corrected chi connectivity index (χ4v) is 0.349. The van der Waals surface area contributed by atoms with Gasteiger partial charge < -0.3 is 5.11 Å². The third kappa shape index (κ3) is 17.6. The van der Waals surface area contributed by atoms with Gasteiger partial charge in [0.05, 0.1) is 0 Å². The summed E-state index contributed by atoms with van der Waals surface area (Å²) in [7, 11) is 0. The Hall–Kier alpha value is 0.984. The van der Waals surface area contributed by atoms with Crippen molar-refractivity contribution >= 4 is 5.97 Å². The summed E-state index contributed by atoms with van der Waals surface area (Å²) in [5.74, 6) is -0.438. The predicted molar refractivity (Wildman–Crippen MR) is 29.6 cm³/mol. The van der Waals surface area contributed by atoms with Crippen LogP contribution in [0.1, 0.15) is 20.3 Å². The number of aliphatic carboxylic acids is 1. The summed E-state index contributed by atoms with van der Waals surface area (Å²) >= 11 is 0. The van der Waals surface area contributed by atoms with Crippen molar-refractivity contribution in [3.05, 3.63) is 0 Å². The normalized spacial score (nSPS) is 7.44. The van der Waals surface area contributed by atoms with E-state index in [0.717, 1.165) is 0 Å². The Labute approximate surface area is 94.9 Å². The molecule has 0 aromatic heterocycles. The molecule has 0 saturated heterocycles. The van der Waals surface area contributed by atoms with E-state index in [2.05, 4.69) is 0 Å². The topological polar surface area (TPSA) is 37.3 Å². The standard InChI is InChI=1S/C5H10O2.Eu.FH/c1-4(2)3-5(6)7;;/h4H,3H2,1-2H3,(H,6,7);;1H. The molecule has 0 spiro atoms. The van der Waals surface area contributed by atoms with Crippen molar-refractivity contribution in [2.24, 2.45) is 5.92 Å². The number of rotatable bonds is 2. The summed E-state index contributed by atoms with van der Waals surface area (Å²) in [5.41, 5.74) is 0. The molecule has 0 fully saturated rings. The predicted octanol–water partition coefficient (Wildman–Crippen LogP) is 1.27. The SMILES string of the molecule is CC(C)CC(=O)O.F.[Eu]. The van der Waals surface area contributed by atoms with Crippen LogP contribution in [0.4, 0.5) is 4.70 Å². The van der Waals surface area contributed by atoms with Gasteiger partial charge in [0.15, 0.2) is 0 Å². The minimum absolute atomic E-state index is 0. The number of hydrogen-bond donors (Lipinski definition) is 1. The van der Waals surface area contributed by atoms with Gasteiger partial charge in [-0.1, -0.05) is 13.8 Å². The molecular weight excluding hydrogens is 263 g/mol. The van der Waals surface area contributed by atoms with E-state index < -0.39 is 5.97 Å². The van der Waals surface area contributed by atoms with Crippen LogP contribution in [0.3, 0.4) is 0 Å². The molecule has 0 heterocycles. The van der Waals surface area contributed by atoms with Crippen LogP contribution in [0.15, 0.2) is 0 Å². The average Bonchev–Trinajstić information content (AvgIpc) is 1.27. The van der Waals surface area contributed by atoms with Crippen LogP contribution in [0.5, 0.6) is 0 Å². The molecule has 9 heavy (non-hydrogen) atoms. The summed E-state index contributed by atoms with van der Waals surface area (Å²) in [4.78, 5) is 9.81. The minimum Gasteiger partial charge on any atom is -0.481 e. The fourth-order valence-electron chi connectivity index (χ4n) is 0.349. The molecular formula is C5H11EuFO2. The zero-order chi connectivity index (χ0) is 5.86. The molecule has 0 aromatic carbocycles. The minimum atomic E-state index is -0.713. The second kappa shape index (κ2) is 8.98. The van der Waals surface area contributed by atoms with Crippen molar-refractivity contribution in [3.63, 3.8) is 0 Å². The molecule has 2 nitrogen and oxygen atoms in total. The van der Waals surface area contributed by atoms with Gasteiger partial charge in [-0.15, -0.1) is 0 Å². The first kappa shape index (κ1) is 16.5. The van der Waals surface area contributed by atoms with Gasteiger partial charge in [0.25, 0.3) is 0 Å². The monoisotopic (exact) mass is 275 g/mol. The van der Waals surface area contributed by atoms with Crippen LogP contribution < -0.4 is 0 Å². The van der Waals surface area contributed by atoms with Crippen LogP contribution in [-0.4, -0.2) is 11.1 Å². The molecule has 0 aromatic rings. The number of carboxylic acids is 1. The van der Waals surface area contributed by atoms with E-state index >= 15 is 0 Å². The van der Waals surface area contributed by atoms with E-state index in [1.54, 1.807) is 0 Å². The maximum absolute atomic E-state index is 9.81. The van der Waals surface area contributed by atoms with Crippen LogP contribution in [-0.2, 0) is 4.79 Å². The number of carbonyl (C=O) groups is 1. The molecule has 57 valence electrons. The molecule has 0 amide bonds. The third-order valence-corrected chi connectivity index (χ3v) is 0.583. The average molecular weight is 274 g/mol. The second-order valence-electron chi connectivity index (χ2n) is 1.99. The van der Waals surface area contributed by atoms with Crippen molar-refractivity contribution in [2.45, 2.75) is 20.3 Å². The largest absolute Gasteiger partial charge is 0.481 e. The first-order chi connectivity index (χ1) is 3.13. The van der Waals surface area contributed by atoms with E-state index in [9.17, 15) is 4.79 Å². The van der Waals surface area contributed by atoms with Gasteiger partial charge in [-0.3, -0.25) is 9.50 Å². The summed E-state index contributed by atoms with van der Waals surface area (Å²) in [5, 5.41) is 8.08. The van der Waals surface area contributed by atoms with Crippen LogP contribution in [0.25, 0.3) is 0 Å². The Kier molecular flexibility index (Phi) is 16.5. The maximum Gasteiger partial charge on any atom is 0.303 e. The summed E-state index contributed by atoms with van der Waals surface area (Å²) in [6, 6.07) is 0. The van der Waals surface area contributed by atoms with Crippen molar-refractivity contribution < 1.29 is 64.0 Å². The zero-order valence-electron chi connectivity index (χ0n) is 5.43. The first-order valence-corrected chi connectivity index (χ1v) is 2.34. The number of hydrogen-bond acceptors (Lipinski definition) is 1. The molecule has 1 radical (unpaired) electrons. The van der Waals surface area contributed by atoms with Crippen LogP contribution in [0, 0.1) is 55.3 Å². The van der Waals surface area contributed by atoms with Crippen LogP contribution >= 0.6 is 0 Å². The molecule has 0 unspecified atom stereocenters.